The molecule has 0 spiro atoms. The zero-order valence-electron chi connectivity index (χ0n) is 41.2. The van der Waals surface area contributed by atoms with E-state index in [1.54, 1.807) is 11.0 Å². The first-order valence-electron chi connectivity index (χ1n) is 23.4. The zero-order valence-corrected chi connectivity index (χ0v) is 41.2. The number of ether oxygens (including phenoxy) is 2. The number of hydrogen-bond acceptors (Lipinski definition) is 15. The molecule has 5 heterocycles. The van der Waals surface area contributed by atoms with Crippen molar-refractivity contribution in [3.8, 4) is 5.75 Å². The van der Waals surface area contributed by atoms with Crippen molar-refractivity contribution in [1.82, 2.24) is 20.1 Å². The number of imide groups is 1. The van der Waals surface area contributed by atoms with E-state index in [0.29, 0.717) is 55.7 Å². The fraction of sp³-hybridized carbons (Fsp3) is 0.460. The fourth-order valence-corrected chi connectivity index (χ4v) is 8.83. The minimum Gasteiger partial charge on any atom is -0.506 e. The second kappa shape index (κ2) is 29.9. The number of aryl methyl sites for hydroxylation is 2. The number of rotatable bonds is 12. The molecule has 1 saturated heterocycles. The first-order valence-corrected chi connectivity index (χ1v) is 23.4. The van der Waals surface area contributed by atoms with Crippen LogP contribution in [0.1, 0.15) is 91.8 Å². The molecular weight excluding hydrogens is 960 g/mol. The average molecular weight is 1030 g/mol. The summed E-state index contributed by atoms with van der Waals surface area (Å²) in [6.07, 6.45) is 8.90. The maximum Gasteiger partial charge on any atom is 0.407 e. The van der Waals surface area contributed by atoms with Crippen LogP contribution in [0.25, 0.3) is 16.6 Å². The van der Waals surface area contributed by atoms with Crippen LogP contribution in [0.3, 0.4) is 0 Å². The van der Waals surface area contributed by atoms with Gasteiger partial charge in [-0.25, -0.2) is 14.2 Å². The van der Waals surface area contributed by atoms with Crippen LogP contribution in [0.2, 0.25) is 0 Å². The zero-order chi connectivity index (χ0) is 54.4. The Balaban J connectivity index is 0.000000300. The number of aromatic nitrogens is 1. The summed E-state index contributed by atoms with van der Waals surface area (Å²) in [6, 6.07) is 5.97. The van der Waals surface area contributed by atoms with Gasteiger partial charge in [0.25, 0.3) is 18.3 Å². The number of carbonyl (C=O) groups excluding carboxylic acids is 6. The number of hydrogen-bond donors (Lipinski definition) is 9. The molecule has 73 heavy (non-hydrogen) atoms. The van der Waals surface area contributed by atoms with Crippen LogP contribution in [0.4, 0.5) is 14.9 Å². The van der Waals surface area contributed by atoms with Crippen LogP contribution in [0.5, 0.6) is 5.75 Å². The number of nitrogens with two attached hydrogens (primary N) is 1. The lowest BCUT2D eigenvalue weighted by Gasteiger charge is -2.34. The third-order valence-electron chi connectivity index (χ3n) is 12.0. The Kier molecular flexibility index (Phi) is 24.5. The molecule has 22 nitrogen and oxygen atoms in total. The van der Waals surface area contributed by atoms with E-state index >= 15 is 0 Å². The van der Waals surface area contributed by atoms with Gasteiger partial charge in [0.15, 0.2) is 0 Å². The minimum absolute atomic E-state index is 0.00409. The van der Waals surface area contributed by atoms with Crippen molar-refractivity contribution in [2.24, 2.45) is 17.6 Å². The highest BCUT2D eigenvalue weighted by Crippen LogP contribution is 2.46. The van der Waals surface area contributed by atoms with E-state index in [4.69, 9.17) is 49.6 Å². The first-order chi connectivity index (χ1) is 34.9. The number of pyridine rings is 1. The number of halogens is 1. The predicted molar refractivity (Wildman–Crippen MR) is 261 cm³/mol. The number of benzene rings is 2. The molecule has 4 aliphatic heterocycles. The summed E-state index contributed by atoms with van der Waals surface area (Å²) in [5, 5.41) is 56.4. The molecule has 0 saturated carbocycles. The lowest BCUT2D eigenvalue weighted by molar-refractivity contribution is -0.140. The van der Waals surface area contributed by atoms with E-state index in [0.717, 1.165) is 72.0 Å². The average Bonchev–Trinajstić information content (AvgIpc) is 3.89. The van der Waals surface area contributed by atoms with E-state index in [2.05, 4.69) is 29.4 Å². The first kappa shape index (κ1) is 60.0. The van der Waals surface area contributed by atoms with Gasteiger partial charge in [-0.3, -0.25) is 38.5 Å². The normalized spacial score (nSPS) is 18.7. The number of nitrogens with one attached hydrogen (secondary N) is 2. The number of nitrogens with zero attached hydrogens (tertiary/aromatic N) is 3. The van der Waals surface area contributed by atoms with Crippen molar-refractivity contribution < 1.29 is 82.9 Å². The molecule has 0 bridgehead atoms. The summed E-state index contributed by atoms with van der Waals surface area (Å²) < 4.78 is 24.3. The van der Waals surface area contributed by atoms with E-state index in [1.165, 1.54) is 43.0 Å². The van der Waals surface area contributed by atoms with E-state index in [9.17, 15) is 38.3 Å². The van der Waals surface area contributed by atoms with Crippen LogP contribution in [-0.2, 0) is 69.0 Å². The van der Waals surface area contributed by atoms with Crippen LogP contribution in [0, 0.1) is 24.6 Å². The van der Waals surface area contributed by atoms with Crippen molar-refractivity contribution in [2.45, 2.75) is 103 Å². The number of aromatic hydroxyl groups is 1. The van der Waals surface area contributed by atoms with Crippen LogP contribution >= 0.6 is 0 Å². The van der Waals surface area contributed by atoms with Gasteiger partial charge < -0.3 is 61.4 Å². The van der Waals surface area contributed by atoms with Crippen LogP contribution in [-0.4, -0.2) is 140 Å². The number of primary amides is 1. The smallest absolute Gasteiger partial charge is 0.407 e. The number of anilines is 1. The molecule has 0 radical (unpaired) electrons. The van der Waals surface area contributed by atoms with Crippen molar-refractivity contribution in [3.63, 3.8) is 0 Å². The largest absolute Gasteiger partial charge is 0.506 e. The molecule has 1 aliphatic carbocycles. The number of carbonyl (C=O) groups is 8. The SMILES string of the molecule is CCCC1C=C2c3nc4cc(F)c(C)c5c4c(c3CN2C(=O)C1CCC(=O)O)CCC5.CNC(=O)OCc1ccc(O)c(NC(=O)CCCN2C(=O)C=CC2=O)c1.CO.NC=O.O=CO.OC1COCC(O)C1. The van der Waals surface area contributed by atoms with Gasteiger partial charge >= 0.3 is 12.1 Å². The number of allylic oxidation sites excluding steroid dienone is 1. The number of alkyl carbamates (subject to hydrolysis) is 1. The van der Waals surface area contributed by atoms with Gasteiger partial charge in [-0.05, 0) is 85.8 Å². The summed E-state index contributed by atoms with van der Waals surface area (Å²) >= 11 is 0. The summed E-state index contributed by atoms with van der Waals surface area (Å²) in [4.78, 5) is 95.2. The number of carboxylic acid groups (broad SMARTS) is 2. The topological polar surface area (TPSA) is 346 Å². The predicted octanol–water partition coefficient (Wildman–Crippen LogP) is 3.20. The molecule has 4 atom stereocenters. The standard InChI is InChI=1S/C25H27FN2O3.C17H19N3O6.C5H10O3.CH3NO.CH2O2.CH4O/c1-3-5-14-10-21-24-18(12-28(21)25(31)16(14)8-9-22(29)30)17-7-4-6-15-13(2)19(26)11-20(27-24)23(15)17;1-18-17(25)26-10-11-4-5-13(21)12(9-11)19-14(22)3-2-8-20-15(23)6-7-16(20)24;6-4-1-5(7)3-8-2-4;2*2-1-3;1-2/h10-11,14,16H,3-9,12H2,1-2H3,(H,29,30);4-7,9,21H,2-3,8,10H2,1H3,(H,18,25)(H,19,22);4-7H,1-3H2;1H,(H2,2,3);1H,(H,2,3);2H,1H3. The maximum absolute atomic E-state index is 14.6. The monoisotopic (exact) mass is 1020 g/mol. The lowest BCUT2D eigenvalue weighted by atomic mass is 9.81. The molecule has 398 valence electrons. The Morgan fingerprint density at radius 1 is 0.986 bits per heavy atom. The molecule has 2 aromatic carbocycles. The van der Waals surface area contributed by atoms with Crippen molar-refractivity contribution in [1.29, 1.82) is 0 Å². The molecule has 5 aliphatic rings. The third kappa shape index (κ3) is 16.6. The number of aliphatic hydroxyl groups excluding tert-OH is 3. The molecule has 1 aromatic heterocycles. The van der Waals surface area contributed by atoms with Gasteiger partial charge in [0, 0.05) is 75.1 Å². The molecule has 8 rings (SSSR count). The molecular formula is C50H65FN6O16. The molecule has 1 fully saturated rings. The second-order valence-electron chi connectivity index (χ2n) is 16.9. The Morgan fingerprint density at radius 2 is 1.62 bits per heavy atom. The maximum atomic E-state index is 14.6. The van der Waals surface area contributed by atoms with Gasteiger partial charge in [-0.2, -0.15) is 0 Å². The van der Waals surface area contributed by atoms with E-state index < -0.39 is 36.1 Å². The fourth-order valence-electron chi connectivity index (χ4n) is 8.83. The summed E-state index contributed by atoms with van der Waals surface area (Å²) in [7, 11) is 2.43. The van der Waals surface area contributed by atoms with Gasteiger partial charge in [0.1, 0.15) is 18.2 Å². The highest BCUT2D eigenvalue weighted by atomic mass is 19.1. The van der Waals surface area contributed by atoms with E-state index in [-0.39, 0.29) is 79.8 Å². The van der Waals surface area contributed by atoms with Crippen LogP contribution < -0.4 is 16.4 Å². The van der Waals surface area contributed by atoms with Gasteiger partial charge in [0.05, 0.1) is 54.6 Å². The number of amides is 6. The number of fused-ring (bicyclic) bond motifs is 4. The molecule has 10 N–H and O–H groups in total. The summed E-state index contributed by atoms with van der Waals surface area (Å²) in [6.45, 7) is 5.02. The Hall–Kier alpha value is -7.34. The van der Waals surface area contributed by atoms with Crippen molar-refractivity contribution in [2.75, 3.05) is 39.2 Å². The molecule has 4 unspecified atom stereocenters. The number of carboxylic acids is 1. The number of aliphatic carboxylic acids is 1. The summed E-state index contributed by atoms with van der Waals surface area (Å²) in [5.41, 5.74) is 11.3. The minimum atomic E-state index is -0.871. The highest BCUT2D eigenvalue weighted by Gasteiger charge is 2.43. The third-order valence-corrected chi connectivity index (χ3v) is 12.0. The summed E-state index contributed by atoms with van der Waals surface area (Å²) in [5.74, 6) is -2.68. The lowest BCUT2D eigenvalue weighted by Crippen LogP contribution is -2.39. The Labute approximate surface area is 420 Å². The number of phenols is 1. The van der Waals surface area contributed by atoms with Gasteiger partial charge in [-0.15, -0.1) is 0 Å². The van der Waals surface area contributed by atoms with Crippen LogP contribution in [0.15, 0.2) is 42.5 Å². The molecule has 23 heteroatoms. The van der Waals surface area contributed by atoms with Gasteiger partial charge in [-0.1, -0.05) is 25.5 Å². The molecule has 3 aromatic rings. The van der Waals surface area contributed by atoms with Crippen molar-refractivity contribution >= 4 is 70.9 Å². The van der Waals surface area contributed by atoms with E-state index in [1.807, 2.05) is 6.92 Å². The van der Waals surface area contributed by atoms with Gasteiger partial charge in [0.2, 0.25) is 18.2 Å². The Morgan fingerprint density at radius 3 is 2.19 bits per heavy atom. The molecule has 6 amide bonds. The Bertz CT molecular complexity index is 2490. The quantitative estimate of drug-likeness (QED) is 0.0714. The number of aliphatic hydroxyl groups is 3. The van der Waals surface area contributed by atoms with Crippen molar-refractivity contribution in [3.05, 3.63) is 81.8 Å². The highest BCUT2D eigenvalue weighted by molar-refractivity contribution is 6.12. The second-order valence-corrected chi connectivity index (χ2v) is 16.9. The number of phenolic OH excluding ortho intramolecular Hbond substituents is 1.